The summed E-state index contributed by atoms with van der Waals surface area (Å²) in [7, 11) is 0. The standard InChI is InChI=1S/C16H20N4S/c1-3-9-18-14-11(2)16(20-15(19-14)12-7-8-12)21-13-6-4-5-10-17-13/h4-6,10,12H,3,7-9H2,1-2H3,(H,18,19,20). The predicted octanol–water partition coefficient (Wildman–Crippen LogP) is 4.03. The van der Waals surface area contributed by atoms with E-state index in [1.165, 1.54) is 12.8 Å². The molecule has 1 N–H and O–H groups in total. The second kappa shape index (κ2) is 6.43. The summed E-state index contributed by atoms with van der Waals surface area (Å²) in [6, 6.07) is 5.95. The van der Waals surface area contributed by atoms with E-state index in [2.05, 4.69) is 24.1 Å². The van der Waals surface area contributed by atoms with E-state index in [1.54, 1.807) is 11.8 Å². The van der Waals surface area contributed by atoms with Gasteiger partial charge in [-0.15, -0.1) is 0 Å². The van der Waals surface area contributed by atoms with E-state index in [0.717, 1.165) is 40.2 Å². The number of rotatable bonds is 6. The number of hydrogen-bond donors (Lipinski definition) is 1. The van der Waals surface area contributed by atoms with Gasteiger partial charge in [-0.05, 0) is 50.1 Å². The molecule has 2 heterocycles. The Kier molecular flexibility index (Phi) is 4.39. The first-order chi connectivity index (χ1) is 10.3. The van der Waals surface area contributed by atoms with Gasteiger partial charge in [-0.1, -0.05) is 13.0 Å². The van der Waals surface area contributed by atoms with E-state index in [-0.39, 0.29) is 0 Å². The van der Waals surface area contributed by atoms with Crippen molar-refractivity contribution in [3.8, 4) is 0 Å². The lowest BCUT2D eigenvalue weighted by Gasteiger charge is -2.13. The van der Waals surface area contributed by atoms with Crippen molar-refractivity contribution in [2.24, 2.45) is 0 Å². The molecule has 1 aliphatic carbocycles. The zero-order chi connectivity index (χ0) is 14.7. The summed E-state index contributed by atoms with van der Waals surface area (Å²) >= 11 is 1.62. The average Bonchev–Trinajstić information content (AvgIpc) is 3.34. The summed E-state index contributed by atoms with van der Waals surface area (Å²) in [5.74, 6) is 2.51. The lowest BCUT2D eigenvalue weighted by molar-refractivity contribution is 0.852. The molecule has 0 aliphatic heterocycles. The fourth-order valence-corrected chi connectivity index (χ4v) is 2.91. The molecule has 0 saturated heterocycles. The van der Waals surface area contributed by atoms with Crippen LogP contribution in [-0.4, -0.2) is 21.5 Å². The normalized spacial score (nSPS) is 14.2. The van der Waals surface area contributed by atoms with E-state index in [0.29, 0.717) is 5.92 Å². The molecule has 0 unspecified atom stereocenters. The van der Waals surface area contributed by atoms with Crippen LogP contribution in [0, 0.1) is 6.92 Å². The van der Waals surface area contributed by atoms with Crippen LogP contribution in [0.2, 0.25) is 0 Å². The molecule has 110 valence electrons. The highest BCUT2D eigenvalue weighted by Crippen LogP contribution is 2.40. The Bertz CT molecular complexity index is 611. The van der Waals surface area contributed by atoms with Crippen LogP contribution in [0.15, 0.2) is 34.4 Å². The van der Waals surface area contributed by atoms with Gasteiger partial charge < -0.3 is 5.32 Å². The highest BCUT2D eigenvalue weighted by molar-refractivity contribution is 7.99. The lowest BCUT2D eigenvalue weighted by Crippen LogP contribution is -2.08. The molecule has 0 spiro atoms. The summed E-state index contributed by atoms with van der Waals surface area (Å²) in [6.45, 7) is 5.18. The molecular weight excluding hydrogens is 280 g/mol. The van der Waals surface area contributed by atoms with Gasteiger partial charge in [-0.3, -0.25) is 0 Å². The van der Waals surface area contributed by atoms with Crippen LogP contribution >= 0.6 is 11.8 Å². The molecule has 4 nitrogen and oxygen atoms in total. The van der Waals surface area contributed by atoms with Crippen molar-refractivity contribution in [1.29, 1.82) is 0 Å². The minimum absolute atomic E-state index is 0.552. The maximum Gasteiger partial charge on any atom is 0.135 e. The zero-order valence-electron chi connectivity index (χ0n) is 12.5. The van der Waals surface area contributed by atoms with Crippen molar-refractivity contribution in [1.82, 2.24) is 15.0 Å². The third-order valence-corrected chi connectivity index (χ3v) is 4.48. The van der Waals surface area contributed by atoms with Crippen molar-refractivity contribution < 1.29 is 0 Å². The highest BCUT2D eigenvalue weighted by Gasteiger charge is 2.28. The van der Waals surface area contributed by atoms with Gasteiger partial charge in [0, 0.05) is 24.2 Å². The van der Waals surface area contributed by atoms with E-state index >= 15 is 0 Å². The highest BCUT2D eigenvalue weighted by atomic mass is 32.2. The average molecular weight is 300 g/mol. The number of hydrogen-bond acceptors (Lipinski definition) is 5. The first kappa shape index (κ1) is 14.3. The molecule has 1 fully saturated rings. The minimum atomic E-state index is 0.552. The van der Waals surface area contributed by atoms with E-state index in [4.69, 9.17) is 9.97 Å². The third kappa shape index (κ3) is 3.53. The van der Waals surface area contributed by atoms with Crippen molar-refractivity contribution in [3.63, 3.8) is 0 Å². The summed E-state index contributed by atoms with van der Waals surface area (Å²) in [6.07, 6.45) is 5.33. The number of aromatic nitrogens is 3. The van der Waals surface area contributed by atoms with Crippen molar-refractivity contribution in [2.45, 2.75) is 49.1 Å². The molecule has 1 aliphatic rings. The number of nitrogens with one attached hydrogen (secondary N) is 1. The topological polar surface area (TPSA) is 50.7 Å². The second-order valence-electron chi connectivity index (χ2n) is 5.33. The van der Waals surface area contributed by atoms with Crippen LogP contribution in [0.4, 0.5) is 5.82 Å². The third-order valence-electron chi connectivity index (χ3n) is 3.44. The Morgan fingerprint density at radius 2 is 2.14 bits per heavy atom. The van der Waals surface area contributed by atoms with Crippen LogP contribution in [-0.2, 0) is 0 Å². The summed E-state index contributed by atoms with van der Waals surface area (Å²) in [5, 5.41) is 5.42. The Hall–Kier alpha value is -1.62. The van der Waals surface area contributed by atoms with Crippen LogP contribution in [0.5, 0.6) is 0 Å². The Balaban J connectivity index is 1.91. The minimum Gasteiger partial charge on any atom is -0.370 e. The van der Waals surface area contributed by atoms with Crippen molar-refractivity contribution >= 4 is 17.6 Å². The van der Waals surface area contributed by atoms with Crippen LogP contribution in [0.3, 0.4) is 0 Å². The van der Waals surface area contributed by atoms with E-state index < -0.39 is 0 Å². The molecular formula is C16H20N4S. The SMILES string of the molecule is CCCNc1nc(C2CC2)nc(Sc2ccccn2)c1C. The first-order valence-electron chi connectivity index (χ1n) is 7.49. The maximum absolute atomic E-state index is 4.77. The quantitative estimate of drug-likeness (QED) is 0.816. The lowest BCUT2D eigenvalue weighted by atomic mass is 10.3. The Labute approximate surface area is 129 Å². The molecule has 0 aromatic carbocycles. The van der Waals surface area contributed by atoms with Gasteiger partial charge in [-0.2, -0.15) is 0 Å². The van der Waals surface area contributed by atoms with Crippen LogP contribution in [0.25, 0.3) is 0 Å². The predicted molar refractivity (Wildman–Crippen MR) is 85.9 cm³/mol. The molecule has 0 radical (unpaired) electrons. The number of anilines is 1. The van der Waals surface area contributed by atoms with E-state index in [9.17, 15) is 0 Å². The fourth-order valence-electron chi connectivity index (χ4n) is 2.06. The second-order valence-corrected chi connectivity index (χ2v) is 6.34. The molecule has 1 saturated carbocycles. The number of nitrogens with zero attached hydrogens (tertiary/aromatic N) is 3. The largest absolute Gasteiger partial charge is 0.370 e. The van der Waals surface area contributed by atoms with Crippen LogP contribution in [0.1, 0.15) is 43.5 Å². The Morgan fingerprint density at radius 3 is 2.81 bits per heavy atom. The molecule has 21 heavy (non-hydrogen) atoms. The molecule has 0 atom stereocenters. The van der Waals surface area contributed by atoms with Gasteiger partial charge in [0.05, 0.1) is 0 Å². The van der Waals surface area contributed by atoms with Gasteiger partial charge in [0.2, 0.25) is 0 Å². The van der Waals surface area contributed by atoms with Gasteiger partial charge in [-0.25, -0.2) is 15.0 Å². The van der Waals surface area contributed by atoms with Gasteiger partial charge in [0.1, 0.15) is 21.7 Å². The van der Waals surface area contributed by atoms with Crippen molar-refractivity contribution in [2.75, 3.05) is 11.9 Å². The molecule has 0 amide bonds. The molecule has 0 bridgehead atoms. The van der Waals surface area contributed by atoms with Gasteiger partial charge in [0.25, 0.3) is 0 Å². The number of pyridine rings is 1. The molecule has 2 aromatic rings. The zero-order valence-corrected chi connectivity index (χ0v) is 13.3. The first-order valence-corrected chi connectivity index (χ1v) is 8.31. The fraction of sp³-hybridized carbons (Fsp3) is 0.438. The summed E-state index contributed by atoms with van der Waals surface area (Å²) < 4.78 is 0. The van der Waals surface area contributed by atoms with Gasteiger partial charge in [0.15, 0.2) is 0 Å². The molecule has 2 aromatic heterocycles. The summed E-state index contributed by atoms with van der Waals surface area (Å²) in [5.41, 5.74) is 1.11. The monoisotopic (exact) mass is 300 g/mol. The van der Waals surface area contributed by atoms with Crippen molar-refractivity contribution in [3.05, 3.63) is 35.8 Å². The summed E-state index contributed by atoms with van der Waals surface area (Å²) in [4.78, 5) is 13.9. The smallest absolute Gasteiger partial charge is 0.135 e. The Morgan fingerprint density at radius 1 is 1.29 bits per heavy atom. The van der Waals surface area contributed by atoms with Crippen LogP contribution < -0.4 is 5.32 Å². The van der Waals surface area contributed by atoms with Gasteiger partial charge >= 0.3 is 0 Å². The molecule has 5 heteroatoms. The maximum atomic E-state index is 4.77. The molecule has 3 rings (SSSR count). The van der Waals surface area contributed by atoms with E-state index in [1.807, 2.05) is 24.4 Å².